The van der Waals surface area contributed by atoms with Gasteiger partial charge in [-0.25, -0.2) is 0 Å². The number of aryl methyl sites for hydroxylation is 1. The lowest BCUT2D eigenvalue weighted by Crippen LogP contribution is -2.39. The van der Waals surface area contributed by atoms with Crippen LogP contribution in [0.4, 0.5) is 0 Å². The molecule has 0 aliphatic carbocycles. The van der Waals surface area contributed by atoms with Crippen LogP contribution in [0, 0.1) is 12.8 Å². The van der Waals surface area contributed by atoms with Gasteiger partial charge in [0.05, 0.1) is 6.54 Å². The quantitative estimate of drug-likeness (QED) is 0.439. The lowest BCUT2D eigenvalue weighted by atomic mass is 10.0. The van der Waals surface area contributed by atoms with Crippen LogP contribution in [0.25, 0.3) is 0 Å². The van der Waals surface area contributed by atoms with Crippen LogP contribution in [0.1, 0.15) is 38.3 Å². The molecule has 0 radical (unpaired) electrons. The molecule has 7 heteroatoms. The summed E-state index contributed by atoms with van der Waals surface area (Å²) in [6.45, 7) is 7.95. The van der Waals surface area contributed by atoms with Gasteiger partial charge in [-0.05, 0) is 12.8 Å². The van der Waals surface area contributed by atoms with Gasteiger partial charge in [0.1, 0.15) is 5.82 Å². The molecule has 0 aliphatic heterocycles. The topological polar surface area (TPSA) is 67.1 Å². The second-order valence-electron chi connectivity index (χ2n) is 4.71. The molecule has 0 spiro atoms. The molecule has 0 fully saturated rings. The van der Waals surface area contributed by atoms with Gasteiger partial charge in [0.25, 0.3) is 0 Å². The minimum atomic E-state index is 0. The van der Waals surface area contributed by atoms with Crippen molar-refractivity contribution in [2.75, 3.05) is 13.6 Å². The van der Waals surface area contributed by atoms with Crippen molar-refractivity contribution in [1.82, 2.24) is 25.4 Å². The molecular formula is C13H27IN6. The molecule has 116 valence electrons. The molecule has 2 N–H and O–H groups in total. The Hall–Kier alpha value is -0.860. The first-order valence-corrected chi connectivity index (χ1v) is 6.91. The Balaban J connectivity index is 0.00000361. The molecule has 6 nitrogen and oxygen atoms in total. The fourth-order valence-corrected chi connectivity index (χ4v) is 1.81. The van der Waals surface area contributed by atoms with Crippen LogP contribution in [0.3, 0.4) is 0 Å². The monoisotopic (exact) mass is 394 g/mol. The van der Waals surface area contributed by atoms with Crippen LogP contribution in [-0.2, 0) is 13.6 Å². The van der Waals surface area contributed by atoms with Crippen LogP contribution in [0.2, 0.25) is 0 Å². The summed E-state index contributed by atoms with van der Waals surface area (Å²) >= 11 is 0. The molecule has 0 aliphatic rings. The lowest BCUT2D eigenvalue weighted by molar-refractivity contribution is 0.481. The second kappa shape index (κ2) is 9.95. The number of nitrogens with one attached hydrogen (secondary N) is 2. The van der Waals surface area contributed by atoms with E-state index in [1.165, 1.54) is 12.8 Å². The molecule has 0 saturated carbocycles. The van der Waals surface area contributed by atoms with Gasteiger partial charge in [-0.1, -0.05) is 26.7 Å². The van der Waals surface area contributed by atoms with Gasteiger partial charge >= 0.3 is 0 Å². The normalized spacial score (nSPS) is 11.4. The first-order valence-electron chi connectivity index (χ1n) is 6.91. The summed E-state index contributed by atoms with van der Waals surface area (Å²) in [6.07, 6.45) is 2.37. The summed E-state index contributed by atoms with van der Waals surface area (Å²) < 4.78 is 1.97. The van der Waals surface area contributed by atoms with Gasteiger partial charge in [0, 0.05) is 20.6 Å². The highest BCUT2D eigenvalue weighted by molar-refractivity contribution is 14.0. The maximum absolute atomic E-state index is 4.22. The average Bonchev–Trinajstić information content (AvgIpc) is 2.74. The Morgan fingerprint density at radius 2 is 1.90 bits per heavy atom. The highest BCUT2D eigenvalue weighted by atomic mass is 127. The van der Waals surface area contributed by atoms with Crippen molar-refractivity contribution in [3.63, 3.8) is 0 Å². The number of halogens is 1. The highest BCUT2D eigenvalue weighted by Gasteiger charge is 2.07. The Morgan fingerprint density at radius 1 is 1.25 bits per heavy atom. The number of hydrogen-bond donors (Lipinski definition) is 2. The molecule has 0 saturated heterocycles. The minimum Gasteiger partial charge on any atom is -0.356 e. The molecule has 0 aromatic carbocycles. The van der Waals surface area contributed by atoms with Gasteiger partial charge in [-0.3, -0.25) is 4.99 Å². The lowest BCUT2D eigenvalue weighted by Gasteiger charge is -2.16. The Morgan fingerprint density at radius 3 is 2.35 bits per heavy atom. The van der Waals surface area contributed by atoms with E-state index in [9.17, 15) is 0 Å². The van der Waals surface area contributed by atoms with E-state index >= 15 is 0 Å². The van der Waals surface area contributed by atoms with Crippen LogP contribution in [0.15, 0.2) is 4.99 Å². The number of nitrogens with zero attached hydrogens (tertiary/aromatic N) is 4. The van der Waals surface area contributed by atoms with Gasteiger partial charge < -0.3 is 15.2 Å². The Bertz CT molecular complexity index is 411. The molecule has 0 amide bonds. The zero-order chi connectivity index (χ0) is 14.3. The predicted octanol–water partition coefficient (Wildman–Crippen LogP) is 1.84. The summed E-state index contributed by atoms with van der Waals surface area (Å²) in [4.78, 5) is 4.22. The molecule has 0 atom stereocenters. The van der Waals surface area contributed by atoms with Gasteiger partial charge in [-0.15, -0.1) is 34.2 Å². The maximum atomic E-state index is 4.22. The molecule has 1 rings (SSSR count). The third-order valence-corrected chi connectivity index (χ3v) is 3.53. The molecular weight excluding hydrogens is 367 g/mol. The summed E-state index contributed by atoms with van der Waals surface area (Å²) in [5.74, 6) is 3.32. The summed E-state index contributed by atoms with van der Waals surface area (Å²) in [7, 11) is 3.75. The second-order valence-corrected chi connectivity index (χ2v) is 4.71. The first kappa shape index (κ1) is 19.1. The van der Waals surface area contributed by atoms with E-state index < -0.39 is 0 Å². The van der Waals surface area contributed by atoms with Crippen molar-refractivity contribution < 1.29 is 0 Å². The highest BCUT2D eigenvalue weighted by Crippen LogP contribution is 2.04. The van der Waals surface area contributed by atoms with Crippen molar-refractivity contribution in [3.05, 3.63) is 11.6 Å². The number of aliphatic imine (C=N–C) groups is 1. The third-order valence-electron chi connectivity index (χ3n) is 3.53. The average molecular weight is 394 g/mol. The summed E-state index contributed by atoms with van der Waals surface area (Å²) in [5.41, 5.74) is 0. The van der Waals surface area contributed by atoms with E-state index in [2.05, 4.69) is 39.7 Å². The van der Waals surface area contributed by atoms with Gasteiger partial charge in [0.15, 0.2) is 11.8 Å². The maximum Gasteiger partial charge on any atom is 0.191 e. The molecule has 1 aromatic heterocycles. The van der Waals surface area contributed by atoms with Crippen molar-refractivity contribution in [3.8, 4) is 0 Å². The Labute approximate surface area is 138 Å². The zero-order valence-corrected chi connectivity index (χ0v) is 15.4. The van der Waals surface area contributed by atoms with Crippen molar-refractivity contribution in [1.29, 1.82) is 0 Å². The molecule has 20 heavy (non-hydrogen) atoms. The van der Waals surface area contributed by atoms with Crippen molar-refractivity contribution in [2.45, 2.75) is 40.2 Å². The fourth-order valence-electron chi connectivity index (χ4n) is 1.81. The van der Waals surface area contributed by atoms with Crippen molar-refractivity contribution in [2.24, 2.45) is 18.0 Å². The molecule has 0 unspecified atom stereocenters. The van der Waals surface area contributed by atoms with E-state index in [-0.39, 0.29) is 24.0 Å². The zero-order valence-electron chi connectivity index (χ0n) is 13.1. The number of aromatic nitrogens is 3. The minimum absolute atomic E-state index is 0. The van der Waals surface area contributed by atoms with E-state index in [0.717, 1.165) is 24.2 Å². The van der Waals surface area contributed by atoms with Crippen LogP contribution < -0.4 is 10.6 Å². The SMILES string of the molecule is CCC(CC)CNC(=NC)NCc1nnc(C)n1C.I. The Kier molecular flexibility index (Phi) is 9.52. The van der Waals surface area contributed by atoms with E-state index in [1.54, 1.807) is 7.05 Å². The van der Waals surface area contributed by atoms with Crippen LogP contribution in [0.5, 0.6) is 0 Å². The largest absolute Gasteiger partial charge is 0.356 e. The molecule has 1 heterocycles. The standard InChI is InChI=1S/C13H26N6.HI/c1-6-11(7-2)8-15-13(14-4)16-9-12-18-17-10(3)19(12)5;/h11H,6-9H2,1-5H3,(H2,14,15,16);1H. The summed E-state index contributed by atoms with van der Waals surface area (Å²) in [5, 5.41) is 14.8. The third kappa shape index (κ3) is 5.64. The van der Waals surface area contributed by atoms with E-state index in [0.29, 0.717) is 12.5 Å². The van der Waals surface area contributed by atoms with Gasteiger partial charge in [0.2, 0.25) is 0 Å². The molecule has 0 bridgehead atoms. The van der Waals surface area contributed by atoms with Crippen LogP contribution in [-0.4, -0.2) is 34.3 Å². The number of rotatable bonds is 6. The van der Waals surface area contributed by atoms with Crippen LogP contribution >= 0.6 is 24.0 Å². The van der Waals surface area contributed by atoms with E-state index in [1.807, 2.05) is 18.5 Å². The van der Waals surface area contributed by atoms with Crippen molar-refractivity contribution >= 4 is 29.9 Å². The number of guanidine groups is 1. The summed E-state index contributed by atoms with van der Waals surface area (Å²) in [6, 6.07) is 0. The molecule has 1 aromatic rings. The van der Waals surface area contributed by atoms with Gasteiger partial charge in [-0.2, -0.15) is 0 Å². The predicted molar refractivity (Wildman–Crippen MR) is 93.4 cm³/mol. The number of hydrogen-bond acceptors (Lipinski definition) is 3. The smallest absolute Gasteiger partial charge is 0.191 e. The fraction of sp³-hybridized carbons (Fsp3) is 0.769. The van der Waals surface area contributed by atoms with E-state index in [4.69, 9.17) is 0 Å². The first-order chi connectivity index (χ1) is 9.12.